The van der Waals surface area contributed by atoms with Crippen molar-refractivity contribution in [1.82, 2.24) is 9.97 Å². The van der Waals surface area contributed by atoms with E-state index in [4.69, 9.17) is 4.74 Å². The molecule has 0 bridgehead atoms. The van der Waals surface area contributed by atoms with Gasteiger partial charge in [0.1, 0.15) is 5.03 Å². The Kier molecular flexibility index (Phi) is 4.50. The summed E-state index contributed by atoms with van der Waals surface area (Å²) in [6, 6.07) is 13.8. The van der Waals surface area contributed by atoms with Gasteiger partial charge in [-0.1, -0.05) is 30.0 Å². The van der Waals surface area contributed by atoms with Gasteiger partial charge in [0.2, 0.25) is 0 Å². The fourth-order valence-electron chi connectivity index (χ4n) is 1.92. The lowest BCUT2D eigenvalue weighted by Crippen LogP contribution is -2.03. The van der Waals surface area contributed by atoms with E-state index in [1.54, 1.807) is 23.5 Å². The van der Waals surface area contributed by atoms with Crippen LogP contribution in [0.3, 0.4) is 0 Å². The number of rotatable bonds is 4. The number of methoxy groups -OCH3 is 1. The zero-order valence-electron chi connectivity index (χ0n) is 11.7. The quantitative estimate of drug-likeness (QED) is 0.674. The van der Waals surface area contributed by atoms with Crippen LogP contribution in [0.4, 0.5) is 0 Å². The second-order valence-corrected chi connectivity index (χ2v) is 6.21. The van der Waals surface area contributed by atoms with Crippen molar-refractivity contribution in [2.24, 2.45) is 0 Å². The van der Waals surface area contributed by atoms with Gasteiger partial charge in [-0.2, -0.15) is 0 Å². The molecule has 6 heteroatoms. The van der Waals surface area contributed by atoms with Crippen LogP contribution >= 0.6 is 23.1 Å². The van der Waals surface area contributed by atoms with E-state index in [0.717, 1.165) is 20.4 Å². The van der Waals surface area contributed by atoms with Gasteiger partial charge in [0.25, 0.3) is 0 Å². The van der Waals surface area contributed by atoms with E-state index in [9.17, 15) is 4.79 Å². The van der Waals surface area contributed by atoms with Crippen molar-refractivity contribution in [2.75, 3.05) is 7.11 Å². The Labute approximate surface area is 136 Å². The third-order valence-corrected chi connectivity index (χ3v) is 4.81. The summed E-state index contributed by atoms with van der Waals surface area (Å²) in [6.45, 7) is 0. The van der Waals surface area contributed by atoms with Crippen molar-refractivity contribution in [1.29, 1.82) is 0 Å². The summed E-state index contributed by atoms with van der Waals surface area (Å²) in [5.41, 5.74) is 2.86. The number of thiazole rings is 1. The minimum absolute atomic E-state index is 0.329. The molecule has 2 heterocycles. The largest absolute Gasteiger partial charge is 0.464 e. The molecule has 0 unspecified atom stereocenters. The average Bonchev–Trinajstić information content (AvgIpc) is 3.05. The fourth-order valence-corrected chi connectivity index (χ4v) is 3.70. The molecule has 110 valence electrons. The smallest absolute Gasteiger partial charge is 0.358 e. The highest BCUT2D eigenvalue weighted by Crippen LogP contribution is 2.37. The predicted molar refractivity (Wildman–Crippen MR) is 87.2 cm³/mol. The maximum atomic E-state index is 11.8. The molecule has 0 atom stereocenters. The van der Waals surface area contributed by atoms with E-state index >= 15 is 0 Å². The van der Waals surface area contributed by atoms with Gasteiger partial charge in [0.15, 0.2) is 5.69 Å². The highest BCUT2D eigenvalue weighted by molar-refractivity contribution is 7.99. The number of carbonyl (C=O) groups is 1. The molecule has 0 saturated carbocycles. The van der Waals surface area contributed by atoms with Crippen LogP contribution in [0.5, 0.6) is 0 Å². The van der Waals surface area contributed by atoms with Gasteiger partial charge in [-0.05, 0) is 24.3 Å². The maximum Gasteiger partial charge on any atom is 0.358 e. The number of nitrogens with zero attached hydrogens (tertiary/aromatic N) is 2. The normalized spacial score (nSPS) is 10.4. The number of hydrogen-bond acceptors (Lipinski definition) is 6. The number of hydrogen-bond donors (Lipinski definition) is 0. The Morgan fingerprint density at radius 1 is 1.14 bits per heavy atom. The summed E-state index contributed by atoms with van der Waals surface area (Å²) in [4.78, 5) is 22.3. The molecule has 0 aliphatic heterocycles. The standard InChI is InChI=1S/C16H12N2O2S2/c1-20-16(19)13-14(21-10-18-13)12-8-5-9-17-15(12)22-11-6-3-2-4-7-11/h2-10H,1H3. The first-order valence-corrected chi connectivity index (χ1v) is 8.19. The first-order valence-electron chi connectivity index (χ1n) is 6.49. The number of esters is 1. The molecule has 2 aromatic heterocycles. The van der Waals surface area contributed by atoms with Gasteiger partial charge in [-0.3, -0.25) is 0 Å². The van der Waals surface area contributed by atoms with Crippen molar-refractivity contribution in [3.05, 3.63) is 59.9 Å². The first-order chi connectivity index (χ1) is 10.8. The molecule has 0 aliphatic carbocycles. The van der Waals surface area contributed by atoms with Crippen LogP contribution in [-0.2, 0) is 4.74 Å². The van der Waals surface area contributed by atoms with Crippen LogP contribution in [0.25, 0.3) is 10.4 Å². The number of carbonyl (C=O) groups excluding carboxylic acids is 1. The van der Waals surface area contributed by atoms with Gasteiger partial charge < -0.3 is 4.74 Å². The molecule has 0 fully saturated rings. The van der Waals surface area contributed by atoms with E-state index in [2.05, 4.69) is 9.97 Å². The Hall–Kier alpha value is -2.18. The summed E-state index contributed by atoms with van der Waals surface area (Å²) < 4.78 is 4.79. The van der Waals surface area contributed by atoms with E-state index < -0.39 is 5.97 Å². The topological polar surface area (TPSA) is 52.1 Å². The van der Waals surface area contributed by atoms with E-state index in [1.807, 2.05) is 42.5 Å². The third-order valence-electron chi connectivity index (χ3n) is 2.92. The Bertz CT molecular complexity index is 788. The summed E-state index contributed by atoms with van der Waals surface area (Å²) >= 11 is 2.96. The van der Waals surface area contributed by atoms with Crippen LogP contribution in [0, 0.1) is 0 Å². The molecule has 3 rings (SSSR count). The summed E-state index contributed by atoms with van der Waals surface area (Å²) in [6.07, 6.45) is 1.74. The SMILES string of the molecule is COC(=O)c1ncsc1-c1cccnc1Sc1ccccc1. The fraction of sp³-hybridized carbons (Fsp3) is 0.0625. The van der Waals surface area contributed by atoms with E-state index in [0.29, 0.717) is 5.69 Å². The third kappa shape index (κ3) is 3.03. The van der Waals surface area contributed by atoms with E-state index in [1.165, 1.54) is 18.4 Å². The summed E-state index contributed by atoms with van der Waals surface area (Å²) in [7, 11) is 1.36. The molecule has 0 radical (unpaired) electrons. The number of pyridine rings is 1. The van der Waals surface area contributed by atoms with Gasteiger partial charge in [-0.25, -0.2) is 14.8 Å². The minimum atomic E-state index is -0.434. The van der Waals surface area contributed by atoms with Crippen molar-refractivity contribution in [3.8, 4) is 10.4 Å². The summed E-state index contributed by atoms with van der Waals surface area (Å²) in [5, 5.41) is 0.836. The molecule has 1 aromatic carbocycles. The molecule has 0 amide bonds. The lowest BCUT2D eigenvalue weighted by molar-refractivity contribution is 0.0596. The van der Waals surface area contributed by atoms with Crippen molar-refractivity contribution < 1.29 is 9.53 Å². The first kappa shape index (κ1) is 14.7. The molecule has 3 aromatic rings. The molecule has 22 heavy (non-hydrogen) atoms. The predicted octanol–water partition coefficient (Wildman–Crippen LogP) is 4.14. The van der Waals surface area contributed by atoms with Crippen LogP contribution in [-0.4, -0.2) is 23.0 Å². The second-order valence-electron chi connectivity index (χ2n) is 4.29. The van der Waals surface area contributed by atoms with Crippen molar-refractivity contribution in [3.63, 3.8) is 0 Å². The highest BCUT2D eigenvalue weighted by Gasteiger charge is 2.19. The molecule has 0 N–H and O–H groups in total. The van der Waals surface area contributed by atoms with Crippen molar-refractivity contribution >= 4 is 29.1 Å². The number of benzene rings is 1. The molecule has 0 aliphatic rings. The molecular weight excluding hydrogens is 316 g/mol. The van der Waals surface area contributed by atoms with Gasteiger partial charge in [-0.15, -0.1) is 11.3 Å². The lowest BCUT2D eigenvalue weighted by Gasteiger charge is -2.07. The van der Waals surface area contributed by atoms with Crippen LogP contribution < -0.4 is 0 Å². The zero-order valence-corrected chi connectivity index (χ0v) is 13.4. The number of ether oxygens (including phenoxy) is 1. The maximum absolute atomic E-state index is 11.8. The monoisotopic (exact) mass is 328 g/mol. The Morgan fingerprint density at radius 3 is 2.73 bits per heavy atom. The molecule has 0 spiro atoms. The molecular formula is C16H12N2O2S2. The van der Waals surface area contributed by atoms with Crippen LogP contribution in [0.15, 0.2) is 64.1 Å². The summed E-state index contributed by atoms with van der Waals surface area (Å²) in [5.74, 6) is -0.434. The minimum Gasteiger partial charge on any atom is -0.464 e. The highest BCUT2D eigenvalue weighted by atomic mass is 32.2. The van der Waals surface area contributed by atoms with Crippen LogP contribution in [0.1, 0.15) is 10.5 Å². The Morgan fingerprint density at radius 2 is 1.95 bits per heavy atom. The molecule has 0 saturated heterocycles. The lowest BCUT2D eigenvalue weighted by atomic mass is 10.2. The second kappa shape index (κ2) is 6.72. The number of aromatic nitrogens is 2. The Balaban J connectivity index is 2.02. The van der Waals surface area contributed by atoms with Gasteiger partial charge >= 0.3 is 5.97 Å². The van der Waals surface area contributed by atoms with Crippen molar-refractivity contribution in [2.45, 2.75) is 9.92 Å². The van der Waals surface area contributed by atoms with Gasteiger partial charge in [0.05, 0.1) is 17.5 Å². The van der Waals surface area contributed by atoms with Gasteiger partial charge in [0, 0.05) is 16.7 Å². The zero-order chi connectivity index (χ0) is 15.4. The molecule has 4 nitrogen and oxygen atoms in total. The van der Waals surface area contributed by atoms with Crippen LogP contribution in [0.2, 0.25) is 0 Å². The average molecular weight is 328 g/mol. The van der Waals surface area contributed by atoms with E-state index in [-0.39, 0.29) is 0 Å².